The van der Waals surface area contributed by atoms with Crippen LogP contribution in [0.25, 0.3) is 0 Å². The van der Waals surface area contributed by atoms with Gasteiger partial charge in [-0.2, -0.15) is 0 Å². The summed E-state index contributed by atoms with van der Waals surface area (Å²) >= 11 is 4.39. The van der Waals surface area contributed by atoms with E-state index in [-0.39, 0.29) is 27.1 Å². The quantitative estimate of drug-likeness (QED) is 0.201. The number of thiophene rings is 1. The molecule has 2 rings (SSSR count). The summed E-state index contributed by atoms with van der Waals surface area (Å²) in [7, 11) is 1.99. The second-order valence-corrected chi connectivity index (χ2v) is 11.0. The minimum atomic E-state index is 0.145. The van der Waals surface area contributed by atoms with Crippen LogP contribution in [0, 0.1) is 2.88 Å². The topological polar surface area (TPSA) is 26.8 Å². The molecule has 7 heteroatoms. The van der Waals surface area contributed by atoms with Gasteiger partial charge in [0.2, 0.25) is 0 Å². The number of halogens is 2. The van der Waals surface area contributed by atoms with E-state index in [1.165, 1.54) is 4.88 Å². The predicted molar refractivity (Wildman–Crippen MR) is 96.6 cm³/mol. The summed E-state index contributed by atoms with van der Waals surface area (Å²) < 4.78 is 3.58. The summed E-state index contributed by atoms with van der Waals surface area (Å²) in [6.45, 7) is 5.45. The average Bonchev–Trinajstić information content (AvgIpc) is 2.95. The molecule has 4 nitrogen and oxygen atoms in total. The summed E-state index contributed by atoms with van der Waals surface area (Å²) in [5, 5.41) is 0. The van der Waals surface area contributed by atoms with Gasteiger partial charge in [0, 0.05) is 22.9 Å². The van der Waals surface area contributed by atoms with Crippen LogP contribution in [-0.2, 0) is 11.3 Å². The van der Waals surface area contributed by atoms with Gasteiger partial charge in [0.1, 0.15) is 0 Å². The van der Waals surface area contributed by atoms with Gasteiger partial charge in [-0.3, -0.25) is 0 Å². The van der Waals surface area contributed by atoms with Crippen LogP contribution in [0.15, 0.2) is 24.3 Å². The second-order valence-electron chi connectivity index (χ2n) is 5.19. The Morgan fingerprint density at radius 3 is 2.73 bits per heavy atom. The van der Waals surface area contributed by atoms with Crippen molar-refractivity contribution in [2.24, 2.45) is 0 Å². The Bertz CT molecular complexity index is 511. The molecular formula is C15H22I2N3OS-. The standard InChI is InChI=1S/C15H22I2N3OS/c1-17-14-6-5-13(22-14)12-19-8-10-20(11-9-19)15(21)4-3-7-18(2)16/h3-6H,7-12H2,1-2H3/q-1/b4-3+. The Kier molecular flexibility index (Phi) is 8.09. The van der Waals surface area contributed by atoms with Crippen LogP contribution in [0.1, 0.15) is 4.88 Å². The third-order valence-corrected chi connectivity index (χ3v) is 7.87. The van der Waals surface area contributed by atoms with Crippen LogP contribution in [0.3, 0.4) is 0 Å². The Balaban J connectivity index is 1.75. The van der Waals surface area contributed by atoms with Crippen molar-refractivity contribution < 1.29 is 26.0 Å². The predicted octanol–water partition coefficient (Wildman–Crippen LogP) is -0.881. The Hall–Kier alpha value is 0.290. The number of hydrogen-bond acceptors (Lipinski definition) is 4. The molecule has 0 unspecified atom stereocenters. The Labute approximate surface area is 161 Å². The van der Waals surface area contributed by atoms with Gasteiger partial charge in [-0.15, -0.1) is 0 Å². The first-order valence-electron chi connectivity index (χ1n) is 7.21. The molecule has 22 heavy (non-hydrogen) atoms. The van der Waals surface area contributed by atoms with Crippen LogP contribution < -0.4 is 21.2 Å². The van der Waals surface area contributed by atoms with Crippen molar-refractivity contribution in [2.75, 3.05) is 44.7 Å². The number of alkyl halides is 1. The van der Waals surface area contributed by atoms with Gasteiger partial charge in [0.15, 0.2) is 0 Å². The number of amides is 1. The SMILES string of the molecule is C[I-]c1ccc(CN2CCN(C(=O)/C=C/CN(C)I)CC2)s1. The monoisotopic (exact) mass is 546 g/mol. The van der Waals surface area contributed by atoms with E-state index in [9.17, 15) is 4.79 Å². The van der Waals surface area contributed by atoms with Gasteiger partial charge in [-0.1, -0.05) is 0 Å². The summed E-state index contributed by atoms with van der Waals surface area (Å²) in [6.07, 6.45) is 3.64. The third kappa shape index (κ3) is 6.06. The zero-order valence-electron chi connectivity index (χ0n) is 13.0. The Morgan fingerprint density at radius 1 is 1.41 bits per heavy atom. The first-order chi connectivity index (χ1) is 10.6. The number of carbonyl (C=O) groups is 1. The van der Waals surface area contributed by atoms with Crippen LogP contribution in [0.2, 0.25) is 0 Å². The minimum absolute atomic E-state index is 0.145. The van der Waals surface area contributed by atoms with Gasteiger partial charge in [0.25, 0.3) is 0 Å². The van der Waals surface area contributed by atoms with E-state index >= 15 is 0 Å². The van der Waals surface area contributed by atoms with Crippen molar-refractivity contribution in [3.8, 4) is 0 Å². The van der Waals surface area contributed by atoms with Crippen molar-refractivity contribution >= 4 is 40.1 Å². The molecule has 1 saturated heterocycles. The molecule has 2 heterocycles. The number of rotatable bonds is 6. The molecule has 0 atom stereocenters. The fourth-order valence-corrected chi connectivity index (χ4v) is 5.41. The van der Waals surface area contributed by atoms with Gasteiger partial charge in [-0.25, -0.2) is 3.11 Å². The van der Waals surface area contributed by atoms with Gasteiger partial charge < -0.3 is 0 Å². The maximum absolute atomic E-state index is 12.1. The summed E-state index contributed by atoms with van der Waals surface area (Å²) in [5.41, 5.74) is 0. The molecule has 1 fully saturated rings. The van der Waals surface area contributed by atoms with E-state index < -0.39 is 0 Å². The number of hydrogen-bond donors (Lipinski definition) is 0. The first-order valence-corrected chi connectivity index (χ1v) is 12.2. The van der Waals surface area contributed by atoms with E-state index in [0.717, 1.165) is 39.3 Å². The molecule has 0 N–H and O–H groups in total. The van der Waals surface area contributed by atoms with Crippen LogP contribution in [0.5, 0.6) is 0 Å². The average molecular weight is 546 g/mol. The van der Waals surface area contributed by atoms with Crippen molar-refractivity contribution in [3.05, 3.63) is 32.0 Å². The van der Waals surface area contributed by atoms with E-state index in [2.05, 4.69) is 44.8 Å². The molecule has 1 aromatic rings. The maximum atomic E-state index is 12.1. The number of piperazine rings is 1. The van der Waals surface area contributed by atoms with Gasteiger partial charge in [0.05, 0.1) is 0 Å². The summed E-state index contributed by atoms with van der Waals surface area (Å²) in [4.78, 5) is 20.3. The zero-order chi connectivity index (χ0) is 15.9. The molecule has 1 aliphatic rings. The number of carbonyl (C=O) groups excluding carboxylic acids is 1. The normalized spacial score (nSPS) is 17.0. The molecule has 1 aliphatic heterocycles. The molecule has 0 bridgehead atoms. The number of nitrogens with zero attached hydrogens (tertiary/aromatic N) is 3. The molecule has 0 aliphatic carbocycles. The molecule has 0 spiro atoms. The molecule has 0 aromatic carbocycles. The van der Waals surface area contributed by atoms with Crippen molar-refractivity contribution in [2.45, 2.75) is 6.54 Å². The summed E-state index contributed by atoms with van der Waals surface area (Å²) in [6, 6.07) is 4.55. The van der Waals surface area contributed by atoms with Crippen LogP contribution in [0.4, 0.5) is 0 Å². The van der Waals surface area contributed by atoms with E-state index in [4.69, 9.17) is 0 Å². The first kappa shape index (κ1) is 18.6. The van der Waals surface area contributed by atoms with Gasteiger partial charge >= 0.3 is 129 Å². The van der Waals surface area contributed by atoms with E-state index in [0.29, 0.717) is 0 Å². The fraction of sp³-hybridized carbons (Fsp3) is 0.533. The van der Waals surface area contributed by atoms with Crippen molar-refractivity contribution in [1.82, 2.24) is 12.9 Å². The second kappa shape index (κ2) is 9.55. The van der Waals surface area contributed by atoms with Gasteiger partial charge in [-0.05, 0) is 7.05 Å². The van der Waals surface area contributed by atoms with E-state index in [1.54, 1.807) is 8.96 Å². The molecule has 1 amide bonds. The molecule has 0 radical (unpaired) electrons. The fourth-order valence-electron chi connectivity index (χ4n) is 2.29. The molecule has 0 saturated carbocycles. The van der Waals surface area contributed by atoms with Crippen LogP contribution >= 0.6 is 34.2 Å². The van der Waals surface area contributed by atoms with Crippen LogP contribution in [-0.4, -0.2) is 63.5 Å². The molecular weight excluding hydrogens is 524 g/mol. The summed E-state index contributed by atoms with van der Waals surface area (Å²) in [5.74, 6) is 0.145. The van der Waals surface area contributed by atoms with Crippen molar-refractivity contribution in [3.63, 3.8) is 0 Å². The number of likely N-dealkylation sites (N-methyl/N-ethyl adjacent to an activating group) is 1. The third-order valence-electron chi connectivity index (χ3n) is 3.50. The zero-order valence-corrected chi connectivity index (χ0v) is 18.1. The Morgan fingerprint density at radius 2 is 2.14 bits per heavy atom. The molecule has 124 valence electrons. The van der Waals surface area contributed by atoms with Crippen molar-refractivity contribution in [1.29, 1.82) is 0 Å². The van der Waals surface area contributed by atoms with E-state index in [1.807, 2.05) is 32.5 Å². The molecule has 1 aromatic heterocycles.